The fourth-order valence-electron chi connectivity index (χ4n) is 3.30. The third kappa shape index (κ3) is 5.70. The van der Waals surface area contributed by atoms with Crippen LogP contribution in [0.25, 0.3) is 10.9 Å². The van der Waals surface area contributed by atoms with Gasteiger partial charge in [-0.3, -0.25) is 9.98 Å². The normalized spacial score (nSPS) is 15.1. The summed E-state index contributed by atoms with van der Waals surface area (Å²) in [5, 5.41) is 7.99. The maximum absolute atomic E-state index is 11.8. The van der Waals surface area contributed by atoms with Gasteiger partial charge in [0.05, 0.1) is 12.1 Å². The largest absolute Gasteiger partial charge is 0.450 e. The van der Waals surface area contributed by atoms with E-state index >= 15 is 0 Å². The van der Waals surface area contributed by atoms with Crippen LogP contribution in [0.1, 0.15) is 25.3 Å². The smallest absolute Gasteiger partial charge is 0.409 e. The zero-order chi connectivity index (χ0) is 19.1. The molecule has 0 aliphatic carbocycles. The molecule has 28 heavy (non-hydrogen) atoms. The number of aromatic nitrogens is 1. The van der Waals surface area contributed by atoms with Crippen molar-refractivity contribution in [2.24, 2.45) is 4.99 Å². The Balaban J connectivity index is 0.00000280. The van der Waals surface area contributed by atoms with E-state index in [9.17, 15) is 4.79 Å². The van der Waals surface area contributed by atoms with Crippen LogP contribution >= 0.6 is 24.0 Å². The van der Waals surface area contributed by atoms with Crippen molar-refractivity contribution < 1.29 is 9.53 Å². The fraction of sp³-hybridized carbons (Fsp3) is 0.450. The number of para-hydroxylation sites is 1. The van der Waals surface area contributed by atoms with Crippen molar-refractivity contribution >= 4 is 46.9 Å². The number of guanidine groups is 1. The van der Waals surface area contributed by atoms with E-state index in [0.717, 1.165) is 29.7 Å². The molecule has 8 heteroatoms. The summed E-state index contributed by atoms with van der Waals surface area (Å²) in [5.41, 5.74) is 2.17. The first-order valence-corrected chi connectivity index (χ1v) is 9.42. The molecule has 1 saturated heterocycles. The lowest BCUT2D eigenvalue weighted by Gasteiger charge is -2.32. The number of fused-ring (bicyclic) bond motifs is 1. The monoisotopic (exact) mass is 497 g/mol. The summed E-state index contributed by atoms with van der Waals surface area (Å²) in [6.45, 7) is 4.31. The SMILES string of the molecule is CCOC(=O)N1CCC(NC(=NC)NCc2ccnc3ccccc23)CC1.I. The van der Waals surface area contributed by atoms with E-state index in [0.29, 0.717) is 26.2 Å². The molecule has 1 aliphatic rings. The number of rotatable bonds is 4. The van der Waals surface area contributed by atoms with Crippen LogP contribution in [0.5, 0.6) is 0 Å². The molecular weight excluding hydrogens is 469 g/mol. The first-order valence-electron chi connectivity index (χ1n) is 9.42. The van der Waals surface area contributed by atoms with E-state index in [1.165, 1.54) is 5.56 Å². The van der Waals surface area contributed by atoms with Crippen molar-refractivity contribution in [2.75, 3.05) is 26.7 Å². The summed E-state index contributed by atoms with van der Waals surface area (Å²) in [7, 11) is 1.77. The number of aliphatic imine (C=N–C) groups is 1. The molecule has 0 atom stereocenters. The van der Waals surface area contributed by atoms with Gasteiger partial charge in [0.15, 0.2) is 5.96 Å². The number of hydrogen-bond acceptors (Lipinski definition) is 4. The van der Waals surface area contributed by atoms with E-state index in [-0.39, 0.29) is 36.1 Å². The van der Waals surface area contributed by atoms with Crippen LogP contribution < -0.4 is 10.6 Å². The molecule has 0 radical (unpaired) electrons. The maximum atomic E-state index is 11.8. The number of nitrogens with zero attached hydrogens (tertiary/aromatic N) is 3. The van der Waals surface area contributed by atoms with Crippen LogP contribution in [0.3, 0.4) is 0 Å². The lowest BCUT2D eigenvalue weighted by atomic mass is 10.1. The first-order chi connectivity index (χ1) is 13.2. The third-order valence-electron chi connectivity index (χ3n) is 4.77. The van der Waals surface area contributed by atoms with E-state index < -0.39 is 0 Å². The highest BCUT2D eigenvalue weighted by Crippen LogP contribution is 2.16. The maximum Gasteiger partial charge on any atom is 0.409 e. The predicted octanol–water partition coefficient (Wildman–Crippen LogP) is 3.14. The van der Waals surface area contributed by atoms with Crippen molar-refractivity contribution in [2.45, 2.75) is 32.4 Å². The van der Waals surface area contributed by atoms with Gasteiger partial charge in [-0.1, -0.05) is 18.2 Å². The van der Waals surface area contributed by atoms with Gasteiger partial charge in [0.25, 0.3) is 0 Å². The molecule has 1 amide bonds. The molecule has 0 saturated carbocycles. The Hall–Kier alpha value is -2.10. The molecule has 3 rings (SSSR count). The summed E-state index contributed by atoms with van der Waals surface area (Å²) in [6.07, 6.45) is 3.36. The van der Waals surface area contributed by atoms with Crippen molar-refractivity contribution in [3.05, 3.63) is 42.1 Å². The average molecular weight is 497 g/mol. The number of likely N-dealkylation sites (tertiary alicyclic amines) is 1. The van der Waals surface area contributed by atoms with Crippen molar-refractivity contribution in [1.29, 1.82) is 0 Å². The zero-order valence-electron chi connectivity index (χ0n) is 16.4. The second kappa shape index (κ2) is 11.0. The van der Waals surface area contributed by atoms with Gasteiger partial charge in [-0.25, -0.2) is 4.79 Å². The van der Waals surface area contributed by atoms with Gasteiger partial charge in [0.1, 0.15) is 0 Å². The van der Waals surface area contributed by atoms with Gasteiger partial charge in [0.2, 0.25) is 0 Å². The zero-order valence-corrected chi connectivity index (χ0v) is 18.7. The molecule has 0 unspecified atom stereocenters. The standard InChI is InChI=1S/C20H27N5O2.HI/c1-3-27-20(26)25-12-9-16(10-13-25)24-19(21-2)23-14-15-8-11-22-18-7-5-4-6-17(15)18;/h4-8,11,16H,3,9-10,12-14H2,1-2H3,(H2,21,23,24);1H. The van der Waals surface area contributed by atoms with Gasteiger partial charge in [0, 0.05) is 44.3 Å². The van der Waals surface area contributed by atoms with Crippen LogP contribution in [-0.2, 0) is 11.3 Å². The van der Waals surface area contributed by atoms with E-state index in [4.69, 9.17) is 4.74 Å². The lowest BCUT2D eigenvalue weighted by molar-refractivity contribution is 0.0963. The minimum atomic E-state index is -0.219. The molecule has 1 fully saturated rings. The predicted molar refractivity (Wildman–Crippen MR) is 122 cm³/mol. The van der Waals surface area contributed by atoms with Crippen LogP contribution in [0.4, 0.5) is 4.79 Å². The minimum Gasteiger partial charge on any atom is -0.450 e. The Morgan fingerprint density at radius 3 is 2.75 bits per heavy atom. The van der Waals surface area contributed by atoms with E-state index in [1.54, 1.807) is 11.9 Å². The van der Waals surface area contributed by atoms with Crippen LogP contribution in [-0.4, -0.2) is 54.7 Å². The van der Waals surface area contributed by atoms with E-state index in [1.807, 2.05) is 37.4 Å². The molecule has 2 N–H and O–H groups in total. The molecular formula is C20H28IN5O2. The summed E-state index contributed by atoms with van der Waals surface area (Å²) in [5.74, 6) is 0.769. The summed E-state index contributed by atoms with van der Waals surface area (Å²) < 4.78 is 5.07. The van der Waals surface area contributed by atoms with E-state index in [2.05, 4.69) is 26.7 Å². The van der Waals surface area contributed by atoms with Crippen molar-refractivity contribution in [3.8, 4) is 0 Å². The Labute approximate surface area is 183 Å². The lowest BCUT2D eigenvalue weighted by Crippen LogP contribution is -2.49. The van der Waals surface area contributed by atoms with Gasteiger partial charge in [-0.15, -0.1) is 24.0 Å². The fourth-order valence-corrected chi connectivity index (χ4v) is 3.30. The average Bonchev–Trinajstić information content (AvgIpc) is 2.71. The number of piperidine rings is 1. The number of halogens is 1. The highest BCUT2D eigenvalue weighted by atomic mass is 127. The number of ether oxygens (including phenoxy) is 1. The van der Waals surface area contributed by atoms with Crippen LogP contribution in [0, 0.1) is 0 Å². The van der Waals surface area contributed by atoms with Crippen molar-refractivity contribution in [1.82, 2.24) is 20.5 Å². The molecule has 1 aliphatic heterocycles. The number of nitrogens with one attached hydrogen (secondary N) is 2. The topological polar surface area (TPSA) is 78.8 Å². The van der Waals surface area contributed by atoms with Crippen LogP contribution in [0.2, 0.25) is 0 Å². The molecule has 0 bridgehead atoms. The second-order valence-electron chi connectivity index (χ2n) is 6.52. The third-order valence-corrected chi connectivity index (χ3v) is 4.77. The number of carbonyl (C=O) groups excluding carboxylic acids is 1. The minimum absolute atomic E-state index is 0. The molecule has 2 heterocycles. The highest BCUT2D eigenvalue weighted by molar-refractivity contribution is 14.0. The summed E-state index contributed by atoms with van der Waals surface area (Å²) in [4.78, 5) is 22.3. The molecule has 1 aromatic heterocycles. The Kier molecular flexibility index (Phi) is 8.75. The molecule has 2 aromatic rings. The number of benzene rings is 1. The molecule has 152 valence electrons. The van der Waals surface area contributed by atoms with Gasteiger partial charge in [-0.2, -0.15) is 0 Å². The van der Waals surface area contributed by atoms with Gasteiger partial charge >= 0.3 is 6.09 Å². The first kappa shape index (κ1) is 22.2. The van der Waals surface area contributed by atoms with Crippen molar-refractivity contribution in [3.63, 3.8) is 0 Å². The summed E-state index contributed by atoms with van der Waals surface area (Å²) >= 11 is 0. The van der Waals surface area contributed by atoms with Crippen LogP contribution in [0.15, 0.2) is 41.5 Å². The number of carbonyl (C=O) groups is 1. The number of pyridine rings is 1. The molecule has 7 nitrogen and oxygen atoms in total. The Morgan fingerprint density at radius 2 is 2.04 bits per heavy atom. The quantitative estimate of drug-likeness (QED) is 0.386. The Bertz CT molecular complexity index is 801. The Morgan fingerprint density at radius 1 is 1.29 bits per heavy atom. The highest BCUT2D eigenvalue weighted by Gasteiger charge is 2.24. The number of amides is 1. The number of hydrogen-bond donors (Lipinski definition) is 2. The molecule has 0 spiro atoms. The second-order valence-corrected chi connectivity index (χ2v) is 6.52. The summed E-state index contributed by atoms with van der Waals surface area (Å²) in [6, 6.07) is 10.4. The molecule has 1 aromatic carbocycles. The van der Waals surface area contributed by atoms with Gasteiger partial charge < -0.3 is 20.3 Å². The van der Waals surface area contributed by atoms with Gasteiger partial charge in [-0.05, 0) is 37.5 Å².